The predicted molar refractivity (Wildman–Crippen MR) is 70.5 cm³/mol. The maximum atomic E-state index is 12.1. The summed E-state index contributed by atoms with van der Waals surface area (Å²) in [5.41, 5.74) is 1.86. The van der Waals surface area contributed by atoms with Crippen molar-refractivity contribution in [3.8, 4) is 0 Å². The highest BCUT2D eigenvalue weighted by molar-refractivity contribution is 5.96. The van der Waals surface area contributed by atoms with Gasteiger partial charge in [0.2, 0.25) is 0 Å². The molecule has 18 heavy (non-hydrogen) atoms. The van der Waals surface area contributed by atoms with Crippen LogP contribution in [0.1, 0.15) is 48.4 Å². The number of aryl methyl sites for hydroxylation is 2. The van der Waals surface area contributed by atoms with Gasteiger partial charge in [-0.2, -0.15) is 5.10 Å². The van der Waals surface area contributed by atoms with Crippen LogP contribution in [0.3, 0.4) is 0 Å². The fraction of sp³-hybridized carbons (Fsp3) is 0.692. The number of carbonyl (C=O) groups excluding carboxylic acids is 1. The number of aromatic amines is 1. The van der Waals surface area contributed by atoms with Gasteiger partial charge in [0.05, 0.1) is 17.9 Å². The highest BCUT2D eigenvalue weighted by Crippen LogP contribution is 2.24. The lowest BCUT2D eigenvalue weighted by Gasteiger charge is -2.29. The zero-order chi connectivity index (χ0) is 13.8. The Bertz CT molecular complexity index is 381. The van der Waals surface area contributed by atoms with Gasteiger partial charge in [0, 0.05) is 17.7 Å². The van der Waals surface area contributed by atoms with Crippen molar-refractivity contribution in [2.24, 2.45) is 5.41 Å². The van der Waals surface area contributed by atoms with E-state index in [9.17, 15) is 9.90 Å². The first kappa shape index (κ1) is 14.7. The third kappa shape index (κ3) is 2.90. The van der Waals surface area contributed by atoms with Gasteiger partial charge in [-0.05, 0) is 26.7 Å². The number of hydrogen-bond acceptors (Lipinski definition) is 3. The Balaban J connectivity index is 2.72. The van der Waals surface area contributed by atoms with Gasteiger partial charge in [0.25, 0.3) is 5.91 Å². The van der Waals surface area contributed by atoms with E-state index in [4.69, 9.17) is 0 Å². The Morgan fingerprint density at radius 2 is 2.00 bits per heavy atom. The number of aromatic nitrogens is 2. The molecule has 1 aromatic heterocycles. The third-order valence-corrected chi connectivity index (χ3v) is 3.81. The zero-order valence-corrected chi connectivity index (χ0v) is 11.6. The number of nitrogens with zero attached hydrogens (tertiary/aromatic N) is 1. The van der Waals surface area contributed by atoms with Crippen molar-refractivity contribution in [1.29, 1.82) is 0 Å². The van der Waals surface area contributed by atoms with E-state index in [-0.39, 0.29) is 17.9 Å². The van der Waals surface area contributed by atoms with Crippen LogP contribution >= 0.6 is 0 Å². The van der Waals surface area contributed by atoms with E-state index in [1.165, 1.54) is 0 Å². The molecule has 0 radical (unpaired) electrons. The van der Waals surface area contributed by atoms with Gasteiger partial charge in [0.15, 0.2) is 0 Å². The van der Waals surface area contributed by atoms with Crippen LogP contribution < -0.4 is 5.32 Å². The summed E-state index contributed by atoms with van der Waals surface area (Å²) in [6, 6.07) is 0. The fourth-order valence-electron chi connectivity index (χ4n) is 2.02. The number of rotatable bonds is 6. The van der Waals surface area contributed by atoms with Crippen LogP contribution in [-0.2, 0) is 0 Å². The number of amides is 1. The van der Waals surface area contributed by atoms with E-state index in [1.807, 2.05) is 20.8 Å². The Labute approximate surface area is 108 Å². The Morgan fingerprint density at radius 1 is 1.39 bits per heavy atom. The number of hydrogen-bond donors (Lipinski definition) is 3. The lowest BCUT2D eigenvalue weighted by atomic mass is 9.83. The normalized spacial score (nSPS) is 11.6. The smallest absolute Gasteiger partial charge is 0.255 e. The molecule has 0 aromatic carbocycles. The number of aliphatic hydroxyl groups excluding tert-OH is 1. The van der Waals surface area contributed by atoms with Gasteiger partial charge in [0.1, 0.15) is 0 Å². The molecular weight excluding hydrogens is 230 g/mol. The molecule has 1 aromatic rings. The number of aliphatic hydroxyl groups is 1. The number of nitrogens with one attached hydrogen (secondary N) is 2. The molecule has 1 amide bonds. The lowest BCUT2D eigenvalue weighted by Crippen LogP contribution is -2.39. The molecular formula is C13H23N3O2. The average molecular weight is 253 g/mol. The molecule has 0 aliphatic rings. The second-order valence-corrected chi connectivity index (χ2v) is 4.86. The van der Waals surface area contributed by atoms with Crippen molar-refractivity contribution in [3.05, 3.63) is 17.0 Å². The van der Waals surface area contributed by atoms with Crippen molar-refractivity contribution in [2.45, 2.75) is 40.5 Å². The minimum Gasteiger partial charge on any atom is -0.396 e. The summed E-state index contributed by atoms with van der Waals surface area (Å²) in [4.78, 5) is 12.1. The van der Waals surface area contributed by atoms with E-state index in [2.05, 4.69) is 15.5 Å². The first-order chi connectivity index (χ1) is 8.49. The van der Waals surface area contributed by atoms with Gasteiger partial charge in [-0.15, -0.1) is 0 Å². The molecule has 0 spiro atoms. The van der Waals surface area contributed by atoms with Crippen LogP contribution in [0.2, 0.25) is 0 Å². The molecule has 0 atom stereocenters. The second-order valence-electron chi connectivity index (χ2n) is 4.86. The van der Waals surface area contributed by atoms with Crippen LogP contribution in [0.4, 0.5) is 0 Å². The maximum Gasteiger partial charge on any atom is 0.255 e. The number of carbonyl (C=O) groups is 1. The summed E-state index contributed by atoms with van der Waals surface area (Å²) in [7, 11) is 0. The van der Waals surface area contributed by atoms with Crippen LogP contribution in [0.25, 0.3) is 0 Å². The molecule has 1 rings (SSSR count). The van der Waals surface area contributed by atoms with Crippen molar-refractivity contribution in [1.82, 2.24) is 15.5 Å². The lowest BCUT2D eigenvalue weighted by molar-refractivity contribution is 0.0850. The van der Waals surface area contributed by atoms with Gasteiger partial charge in [-0.1, -0.05) is 13.8 Å². The van der Waals surface area contributed by atoms with Crippen molar-refractivity contribution in [3.63, 3.8) is 0 Å². The largest absolute Gasteiger partial charge is 0.396 e. The summed E-state index contributed by atoms with van der Waals surface area (Å²) in [5, 5.41) is 19.2. The summed E-state index contributed by atoms with van der Waals surface area (Å²) in [6.45, 7) is 8.26. The molecule has 102 valence electrons. The van der Waals surface area contributed by atoms with Crippen molar-refractivity contribution in [2.75, 3.05) is 13.2 Å². The van der Waals surface area contributed by atoms with Gasteiger partial charge in [-0.25, -0.2) is 0 Å². The average Bonchev–Trinajstić information content (AvgIpc) is 2.71. The molecule has 0 bridgehead atoms. The van der Waals surface area contributed by atoms with E-state index in [0.29, 0.717) is 17.8 Å². The molecule has 0 aliphatic heterocycles. The summed E-state index contributed by atoms with van der Waals surface area (Å²) in [6.07, 6.45) is 1.67. The number of H-pyrrole nitrogens is 1. The third-order valence-electron chi connectivity index (χ3n) is 3.81. The maximum absolute atomic E-state index is 12.1. The predicted octanol–water partition coefficient (Wildman–Crippen LogP) is 1.56. The highest BCUT2D eigenvalue weighted by atomic mass is 16.3. The van der Waals surface area contributed by atoms with Crippen LogP contribution in [0.15, 0.2) is 0 Å². The van der Waals surface area contributed by atoms with E-state index < -0.39 is 0 Å². The molecule has 0 fully saturated rings. The molecule has 5 heteroatoms. The minimum atomic E-state index is -0.221. The van der Waals surface area contributed by atoms with E-state index >= 15 is 0 Å². The van der Waals surface area contributed by atoms with Crippen molar-refractivity contribution < 1.29 is 9.90 Å². The Kier molecular flexibility index (Phi) is 4.90. The fourth-order valence-corrected chi connectivity index (χ4v) is 2.02. The van der Waals surface area contributed by atoms with E-state index in [1.54, 1.807) is 6.92 Å². The Hall–Kier alpha value is -1.36. The van der Waals surface area contributed by atoms with Gasteiger partial charge >= 0.3 is 0 Å². The molecule has 0 unspecified atom stereocenters. The molecule has 0 aliphatic carbocycles. The van der Waals surface area contributed by atoms with Crippen LogP contribution in [0, 0.1) is 19.3 Å². The van der Waals surface area contributed by atoms with E-state index in [0.717, 1.165) is 18.5 Å². The second kappa shape index (κ2) is 6.00. The SMILES string of the molecule is CCC(CC)(CO)CNC(=O)c1c(C)n[nH]c1C. The van der Waals surface area contributed by atoms with Gasteiger partial charge < -0.3 is 10.4 Å². The summed E-state index contributed by atoms with van der Waals surface area (Å²) in [5.74, 6) is -0.126. The minimum absolute atomic E-state index is 0.0869. The summed E-state index contributed by atoms with van der Waals surface area (Å²) < 4.78 is 0. The van der Waals surface area contributed by atoms with Crippen molar-refractivity contribution >= 4 is 5.91 Å². The van der Waals surface area contributed by atoms with Gasteiger partial charge in [-0.3, -0.25) is 9.89 Å². The molecule has 1 heterocycles. The monoisotopic (exact) mass is 253 g/mol. The van der Waals surface area contributed by atoms with Crippen LogP contribution in [0.5, 0.6) is 0 Å². The molecule has 3 N–H and O–H groups in total. The standard InChI is InChI=1S/C13H23N3O2/c1-5-13(6-2,8-17)7-14-12(18)11-9(3)15-16-10(11)4/h17H,5-8H2,1-4H3,(H,14,18)(H,15,16). The zero-order valence-electron chi connectivity index (χ0n) is 11.6. The quantitative estimate of drug-likeness (QED) is 0.720. The topological polar surface area (TPSA) is 78.0 Å². The summed E-state index contributed by atoms with van der Waals surface area (Å²) >= 11 is 0. The highest BCUT2D eigenvalue weighted by Gasteiger charge is 2.26. The Morgan fingerprint density at radius 3 is 2.39 bits per heavy atom. The molecule has 0 saturated heterocycles. The van der Waals surface area contributed by atoms with Crippen LogP contribution in [-0.4, -0.2) is 34.4 Å². The molecule has 5 nitrogen and oxygen atoms in total. The first-order valence-corrected chi connectivity index (χ1v) is 6.40. The first-order valence-electron chi connectivity index (χ1n) is 6.40. The molecule has 0 saturated carbocycles.